The Bertz CT molecular complexity index is 5610. The van der Waals surface area contributed by atoms with Crippen molar-refractivity contribution in [1.82, 2.24) is 60.0 Å². The average molecular weight is 1700 g/mol. The lowest BCUT2D eigenvalue weighted by Gasteiger charge is -2.44. The van der Waals surface area contributed by atoms with Crippen LogP contribution >= 0.6 is 0 Å². The summed E-state index contributed by atoms with van der Waals surface area (Å²) in [5.74, 6) is -2.00. The summed E-state index contributed by atoms with van der Waals surface area (Å²) in [7, 11) is 0. The fourth-order valence-electron chi connectivity index (χ4n) is 23.2. The number of carbonyl (C=O) groups excluding carboxylic acids is 12. The van der Waals surface area contributed by atoms with Gasteiger partial charge in [0, 0.05) is 129 Å². The van der Waals surface area contributed by atoms with Crippen LogP contribution in [0.4, 0.5) is 17.1 Å². The van der Waals surface area contributed by atoms with Crippen LogP contribution in [0.2, 0.25) is 0 Å². The molecule has 648 valence electrons. The van der Waals surface area contributed by atoms with Gasteiger partial charge in [-0.15, -0.1) is 0 Å². The van der Waals surface area contributed by atoms with Crippen molar-refractivity contribution in [1.29, 1.82) is 0 Å². The van der Waals surface area contributed by atoms with Crippen LogP contribution < -0.4 is 30.7 Å². The van der Waals surface area contributed by atoms with E-state index in [9.17, 15) is 57.5 Å². The van der Waals surface area contributed by atoms with Gasteiger partial charge in [-0.05, 0) is 203 Å². The van der Waals surface area contributed by atoms with E-state index >= 15 is 0 Å². The van der Waals surface area contributed by atoms with E-state index in [-0.39, 0.29) is 124 Å². The van der Waals surface area contributed by atoms with E-state index in [4.69, 9.17) is 29.5 Å². The lowest BCUT2D eigenvalue weighted by Crippen LogP contribution is -2.54. The molecule has 27 rings (SSSR count). The molecule has 3 saturated carbocycles. The summed E-state index contributed by atoms with van der Waals surface area (Å²) in [6, 6.07) is 26.9. The second-order valence-corrected chi connectivity index (χ2v) is 39.0. The van der Waals surface area contributed by atoms with Crippen LogP contribution in [0.15, 0.2) is 128 Å². The third-order valence-electron chi connectivity index (χ3n) is 31.0. The van der Waals surface area contributed by atoms with Gasteiger partial charge in [-0.2, -0.15) is 15.3 Å². The minimum absolute atomic E-state index is 0.169. The number of aromatic nitrogens is 6. The normalized spacial score (nSPS) is 27.9. The largest absolute Gasteiger partial charge is 0.377 e. The minimum atomic E-state index is -0.700. The topological polar surface area (TPSA) is 342 Å². The number of carbonyl (C=O) groups is 12. The smallest absolute Gasteiger partial charge is 0.259 e. The average Bonchev–Trinajstić information content (AvgIpc) is 1.57. The van der Waals surface area contributed by atoms with Gasteiger partial charge in [0.15, 0.2) is 0 Å². The first kappa shape index (κ1) is 79.7. The molecule has 30 nitrogen and oxygen atoms in total. The molecule has 18 heterocycles. The summed E-state index contributed by atoms with van der Waals surface area (Å²) in [4.78, 5) is 164. The van der Waals surface area contributed by atoms with Crippen LogP contribution in [0.5, 0.6) is 0 Å². The molecule has 15 aliphatic heterocycles. The Balaban J connectivity index is 0.000000112. The highest BCUT2D eigenvalue weighted by Crippen LogP contribution is 2.55. The van der Waals surface area contributed by atoms with Crippen molar-refractivity contribution in [3.8, 4) is 0 Å². The van der Waals surface area contributed by atoms with Gasteiger partial charge in [-0.3, -0.25) is 102 Å². The number of amides is 12. The maximum absolute atomic E-state index is 13.5. The fraction of sp³-hybridized carbons (Fsp3) is 0.469. The summed E-state index contributed by atoms with van der Waals surface area (Å²) in [5.41, 5.74) is 9.06. The molecule has 30 heteroatoms. The number of ether oxygens (including phenoxy) is 3. The number of rotatable bonds is 15. The number of fused-ring (bicyclic) bond motifs is 3. The second-order valence-electron chi connectivity index (χ2n) is 39.0. The van der Waals surface area contributed by atoms with Gasteiger partial charge in [-0.1, -0.05) is 54.6 Å². The van der Waals surface area contributed by atoms with E-state index in [2.05, 4.69) is 69.4 Å². The Morgan fingerprint density at radius 2 is 0.643 bits per heavy atom. The minimum Gasteiger partial charge on any atom is -0.377 e. The van der Waals surface area contributed by atoms with Crippen molar-refractivity contribution >= 4 is 120 Å². The molecule has 12 amide bonds. The molecule has 6 aromatic carbocycles. The Morgan fingerprint density at radius 1 is 0.373 bits per heavy atom. The first-order valence-corrected chi connectivity index (χ1v) is 44.7. The van der Waals surface area contributed by atoms with Crippen molar-refractivity contribution in [3.05, 3.63) is 178 Å². The number of nitrogens with one attached hydrogen (secondary N) is 3. The highest BCUT2D eigenvalue weighted by Gasteiger charge is 2.62. The van der Waals surface area contributed by atoms with E-state index in [1.54, 1.807) is 14.7 Å². The first-order chi connectivity index (χ1) is 60.7. The maximum Gasteiger partial charge on any atom is 0.259 e. The highest BCUT2D eigenvalue weighted by atomic mass is 16.5. The van der Waals surface area contributed by atoms with E-state index < -0.39 is 35.8 Å². The van der Waals surface area contributed by atoms with Gasteiger partial charge in [0.25, 0.3) is 17.7 Å². The third-order valence-corrected chi connectivity index (χ3v) is 31.0. The van der Waals surface area contributed by atoms with Gasteiger partial charge in [0.05, 0.1) is 107 Å². The number of anilines is 3. The number of likely N-dealkylation sites (tertiary alicyclic amines) is 3. The molecule has 15 fully saturated rings. The molecule has 3 aliphatic carbocycles. The van der Waals surface area contributed by atoms with E-state index in [0.29, 0.717) is 75.0 Å². The molecule has 12 saturated heterocycles. The fourth-order valence-corrected chi connectivity index (χ4v) is 23.2. The molecule has 3 atom stereocenters. The van der Waals surface area contributed by atoms with Gasteiger partial charge in [0.1, 0.15) is 18.1 Å². The predicted molar refractivity (Wildman–Crippen MR) is 458 cm³/mol. The molecule has 6 bridgehead atoms. The van der Waals surface area contributed by atoms with Crippen LogP contribution in [-0.2, 0) is 93.2 Å². The van der Waals surface area contributed by atoms with Crippen molar-refractivity contribution in [2.45, 2.75) is 209 Å². The van der Waals surface area contributed by atoms with Gasteiger partial charge in [0.2, 0.25) is 53.2 Å². The van der Waals surface area contributed by atoms with Crippen LogP contribution in [0, 0.1) is 16.2 Å². The van der Waals surface area contributed by atoms with E-state index in [1.165, 1.54) is 0 Å². The number of imide groups is 3. The maximum atomic E-state index is 13.5. The number of hydrogen-bond acceptors (Lipinski definition) is 18. The Labute approximate surface area is 725 Å². The molecule has 9 aromatic rings. The first-order valence-electron chi connectivity index (χ1n) is 44.7. The van der Waals surface area contributed by atoms with Crippen LogP contribution in [0.3, 0.4) is 0 Å². The number of hydrogen-bond donors (Lipinski definition) is 3. The summed E-state index contributed by atoms with van der Waals surface area (Å²) in [5, 5.41) is 26.9. The number of benzene rings is 6. The molecular formula is C96H99N15O15. The number of nitrogens with zero attached hydrogens (tertiary/aromatic N) is 12. The third kappa shape index (κ3) is 12.9. The Hall–Kier alpha value is -12.2. The van der Waals surface area contributed by atoms with Gasteiger partial charge in [-0.25, -0.2) is 0 Å². The molecule has 0 spiro atoms. The summed E-state index contributed by atoms with van der Waals surface area (Å²) < 4.78 is 23.2. The van der Waals surface area contributed by atoms with Crippen molar-refractivity contribution in [3.63, 3.8) is 0 Å². The second kappa shape index (κ2) is 29.5. The summed E-state index contributed by atoms with van der Waals surface area (Å²) >= 11 is 0. The molecule has 126 heavy (non-hydrogen) atoms. The molecule has 3 N–H and O–H groups in total. The van der Waals surface area contributed by atoms with E-state index in [1.807, 2.05) is 124 Å². The molecule has 3 aromatic heterocycles. The summed E-state index contributed by atoms with van der Waals surface area (Å²) in [6.45, 7) is 12.7. The Morgan fingerprint density at radius 3 is 0.889 bits per heavy atom. The van der Waals surface area contributed by atoms with Crippen molar-refractivity contribution < 1.29 is 71.7 Å². The Kier molecular flexibility index (Phi) is 18.7. The van der Waals surface area contributed by atoms with E-state index in [0.717, 1.165) is 199 Å². The highest BCUT2D eigenvalue weighted by molar-refractivity contribution is 6.30. The zero-order valence-electron chi connectivity index (χ0n) is 70.8. The molecular weight excluding hydrogens is 1600 g/mol. The molecule has 1 unspecified atom stereocenters. The summed E-state index contributed by atoms with van der Waals surface area (Å²) in [6.07, 6.45) is 26.8. The van der Waals surface area contributed by atoms with Crippen LogP contribution in [0.1, 0.15) is 201 Å². The predicted octanol–water partition coefficient (Wildman–Crippen LogP) is 8.73. The quantitative estimate of drug-likeness (QED) is 0.0807. The lowest BCUT2D eigenvalue weighted by molar-refractivity contribution is -0.147. The van der Waals surface area contributed by atoms with Gasteiger partial charge >= 0.3 is 0 Å². The van der Waals surface area contributed by atoms with Crippen LogP contribution in [-0.4, -0.2) is 210 Å². The zero-order valence-corrected chi connectivity index (χ0v) is 70.8. The van der Waals surface area contributed by atoms with Gasteiger partial charge < -0.3 is 28.9 Å². The van der Waals surface area contributed by atoms with Crippen LogP contribution in [0.25, 0.3) is 32.3 Å². The SMILES string of the molecule is CC1(n2cc(Cc3ccc4c5c(cccc35)C(=O)N4C3CCC(=O)NC3=O)cn2)CCN(C(=O)C23COC(C2)C3)CC1.CC1(n2cc(Cc3ccc4c5c(cccc35)C(=O)N4[C@@H]3CCC(=O)NC3=O)cn2)CCN(C(=O)C23COC(C2)C3)CC1.CC1(n2cc(Cc3ccc4c5c(cccc35)C(=O)N4[C@H]3CCC(=O)NC3=O)cn2)CCN(C(=O)C23COC(C2)C3)CC1. The monoisotopic (exact) mass is 1700 g/mol. The standard InChI is InChI=1S/3C32H33N5O5/c3*1-31(9-11-35(12-10-31)30(41)32-14-21(15-32)42-18-32)36-17-19(16-33-36)13-20-5-6-24-27-22(20)3-2-4-23(27)29(40)37(24)25-7-8-26(38)34-28(25)39/h3*2-6,16-17,21,25H,7-15,18H2,1H3,(H,34,38,39)/t2*21?,25-,32?;/m10./s1. The zero-order chi connectivity index (χ0) is 86.4. The number of piperidine rings is 6. The van der Waals surface area contributed by atoms with Crippen molar-refractivity contribution in [2.75, 3.05) is 73.8 Å². The lowest BCUT2D eigenvalue weighted by atomic mass is 9.69. The molecule has 18 aliphatic rings. The molecule has 0 radical (unpaired) electrons. The van der Waals surface area contributed by atoms with Crippen molar-refractivity contribution in [2.24, 2.45) is 16.2 Å².